The van der Waals surface area contributed by atoms with Crippen molar-refractivity contribution in [2.75, 3.05) is 0 Å². The summed E-state index contributed by atoms with van der Waals surface area (Å²) in [6.07, 6.45) is -0.839. The van der Waals surface area contributed by atoms with Gasteiger partial charge in [0.2, 0.25) is 0 Å². The molecule has 0 saturated carbocycles. The van der Waals surface area contributed by atoms with Crippen LogP contribution in [-0.2, 0) is 15.7 Å². The molecule has 1 heterocycles. The van der Waals surface area contributed by atoms with Gasteiger partial charge in [-0.15, -0.1) is 0 Å². The fourth-order valence-corrected chi connectivity index (χ4v) is 1.99. The first-order chi connectivity index (χ1) is 10.2. The molecule has 1 aromatic heterocycles. The summed E-state index contributed by atoms with van der Waals surface area (Å²) in [5.74, 6) is -0.695. The van der Waals surface area contributed by atoms with Crippen LogP contribution in [0.5, 0.6) is 0 Å². The molecule has 7 heteroatoms. The van der Waals surface area contributed by atoms with Crippen molar-refractivity contribution in [3.63, 3.8) is 0 Å². The summed E-state index contributed by atoms with van der Waals surface area (Å²) in [6, 6.07) is 0.792. The molecule has 0 amide bonds. The lowest BCUT2D eigenvalue weighted by atomic mass is 9.90. The van der Waals surface area contributed by atoms with Crippen LogP contribution in [0.1, 0.15) is 32.3 Å². The maximum absolute atomic E-state index is 12.7. The molecule has 1 aliphatic rings. The van der Waals surface area contributed by atoms with E-state index in [1.54, 1.807) is 20.8 Å². The number of allylic oxidation sites excluding steroid dienone is 3. The second-order valence-corrected chi connectivity index (χ2v) is 5.20. The van der Waals surface area contributed by atoms with Crippen LogP contribution in [0, 0.1) is 5.92 Å². The molecule has 0 spiro atoms. The van der Waals surface area contributed by atoms with Crippen molar-refractivity contribution in [2.45, 2.75) is 33.1 Å². The van der Waals surface area contributed by atoms with Gasteiger partial charge >= 0.3 is 6.18 Å². The summed E-state index contributed by atoms with van der Waals surface area (Å²) < 4.78 is 43.7. The first-order valence-corrected chi connectivity index (χ1v) is 6.73. The number of halogens is 3. The Morgan fingerprint density at radius 2 is 1.95 bits per heavy atom. The molecule has 0 radical (unpaired) electrons. The number of hydrogen-bond acceptors (Lipinski definition) is 4. The van der Waals surface area contributed by atoms with Gasteiger partial charge in [-0.3, -0.25) is 4.79 Å². The van der Waals surface area contributed by atoms with Gasteiger partial charge in [-0.25, -0.2) is 9.97 Å². The first-order valence-electron chi connectivity index (χ1n) is 6.73. The van der Waals surface area contributed by atoms with E-state index in [9.17, 15) is 18.0 Å². The minimum atomic E-state index is -4.56. The molecular formula is C15H15F3N2O2. The third-order valence-electron chi connectivity index (χ3n) is 3.05. The molecule has 118 valence electrons. The normalized spacial score (nSPS) is 19.0. The van der Waals surface area contributed by atoms with Crippen molar-refractivity contribution in [1.82, 2.24) is 9.97 Å². The van der Waals surface area contributed by atoms with Gasteiger partial charge in [-0.1, -0.05) is 6.92 Å². The molecule has 1 atom stereocenters. The highest BCUT2D eigenvalue weighted by Gasteiger charge is 2.34. The number of carbonyl (C=O) groups is 1. The molecule has 0 saturated heterocycles. The molecule has 0 aromatic carbocycles. The Balaban J connectivity index is 2.43. The van der Waals surface area contributed by atoms with Crippen LogP contribution in [0.3, 0.4) is 0 Å². The van der Waals surface area contributed by atoms with E-state index in [-0.39, 0.29) is 17.7 Å². The Morgan fingerprint density at radius 3 is 2.55 bits per heavy atom. The molecule has 1 unspecified atom stereocenters. The topological polar surface area (TPSA) is 52.1 Å². The van der Waals surface area contributed by atoms with Crippen molar-refractivity contribution in [1.29, 1.82) is 0 Å². The first kappa shape index (κ1) is 16.2. The molecule has 0 bridgehead atoms. The smallest absolute Gasteiger partial charge is 0.433 e. The molecule has 4 nitrogen and oxygen atoms in total. The van der Waals surface area contributed by atoms with Crippen molar-refractivity contribution < 1.29 is 22.7 Å². The third kappa shape index (κ3) is 3.52. The number of ketones is 1. The van der Waals surface area contributed by atoms with Crippen LogP contribution in [-0.4, -0.2) is 21.9 Å². The number of carbonyl (C=O) groups excluding carboxylic acids is 1. The quantitative estimate of drug-likeness (QED) is 0.858. The van der Waals surface area contributed by atoms with E-state index >= 15 is 0 Å². The zero-order valence-corrected chi connectivity index (χ0v) is 12.3. The SMILES string of the molecule is CC(C)OC1=CC(=O)C(C)C(c2nccc(C(F)(F)F)n2)=C1. The number of nitrogens with zero attached hydrogens (tertiary/aromatic N) is 2. The van der Waals surface area contributed by atoms with Gasteiger partial charge in [0.15, 0.2) is 11.6 Å². The summed E-state index contributed by atoms with van der Waals surface area (Å²) in [5, 5.41) is 0. The maximum Gasteiger partial charge on any atom is 0.433 e. The second-order valence-electron chi connectivity index (χ2n) is 5.20. The van der Waals surface area contributed by atoms with Crippen LogP contribution in [0.15, 0.2) is 30.2 Å². The Bertz CT molecular complexity index is 648. The van der Waals surface area contributed by atoms with Crippen molar-refractivity contribution in [3.8, 4) is 0 Å². The zero-order valence-electron chi connectivity index (χ0n) is 12.3. The predicted molar refractivity (Wildman–Crippen MR) is 73.5 cm³/mol. The van der Waals surface area contributed by atoms with Gasteiger partial charge < -0.3 is 4.74 Å². The van der Waals surface area contributed by atoms with Gasteiger partial charge in [-0.2, -0.15) is 13.2 Å². The van der Waals surface area contributed by atoms with Crippen LogP contribution >= 0.6 is 0 Å². The second kappa shape index (κ2) is 5.90. The monoisotopic (exact) mass is 312 g/mol. The molecule has 1 aromatic rings. The lowest BCUT2D eigenvalue weighted by Crippen LogP contribution is -2.19. The number of alkyl halides is 3. The fourth-order valence-electron chi connectivity index (χ4n) is 1.99. The summed E-state index contributed by atoms with van der Waals surface area (Å²) in [4.78, 5) is 19.4. The van der Waals surface area contributed by atoms with Crippen LogP contribution in [0.25, 0.3) is 5.57 Å². The molecule has 1 aliphatic carbocycles. The van der Waals surface area contributed by atoms with Crippen molar-refractivity contribution in [2.24, 2.45) is 5.92 Å². The Labute approximate surface area is 125 Å². The standard InChI is InChI=1S/C15H15F3N2O2/c1-8(2)22-10-6-11(9(3)12(21)7-10)14-19-5-4-13(20-14)15(16,17)18/h4-9H,1-3H3. The summed E-state index contributed by atoms with van der Waals surface area (Å²) >= 11 is 0. The van der Waals surface area contributed by atoms with Gasteiger partial charge in [-0.05, 0) is 26.0 Å². The van der Waals surface area contributed by atoms with E-state index in [4.69, 9.17) is 4.74 Å². The lowest BCUT2D eigenvalue weighted by molar-refractivity contribution is -0.141. The number of hydrogen-bond donors (Lipinski definition) is 0. The Hall–Kier alpha value is -2.18. The molecule has 0 fully saturated rings. The van der Waals surface area contributed by atoms with Crippen LogP contribution < -0.4 is 0 Å². The summed E-state index contributed by atoms with van der Waals surface area (Å²) in [5.41, 5.74) is -0.729. The minimum Gasteiger partial charge on any atom is -0.491 e. The highest BCUT2D eigenvalue weighted by atomic mass is 19.4. The highest BCUT2D eigenvalue weighted by molar-refractivity contribution is 6.02. The van der Waals surface area contributed by atoms with Crippen LogP contribution in [0.4, 0.5) is 13.2 Å². The van der Waals surface area contributed by atoms with E-state index in [0.717, 1.165) is 12.3 Å². The van der Waals surface area contributed by atoms with Crippen molar-refractivity contribution >= 4 is 11.4 Å². The van der Waals surface area contributed by atoms with Gasteiger partial charge in [0.25, 0.3) is 0 Å². The fraction of sp³-hybridized carbons (Fsp3) is 0.400. The Morgan fingerprint density at radius 1 is 1.27 bits per heavy atom. The van der Waals surface area contributed by atoms with E-state index < -0.39 is 17.8 Å². The van der Waals surface area contributed by atoms with E-state index in [2.05, 4.69) is 9.97 Å². The van der Waals surface area contributed by atoms with E-state index in [1.165, 1.54) is 12.2 Å². The summed E-state index contributed by atoms with van der Waals surface area (Å²) in [7, 11) is 0. The van der Waals surface area contributed by atoms with Gasteiger partial charge in [0, 0.05) is 23.8 Å². The molecule has 22 heavy (non-hydrogen) atoms. The average molecular weight is 312 g/mol. The molecule has 0 N–H and O–H groups in total. The van der Waals surface area contributed by atoms with Crippen molar-refractivity contribution in [3.05, 3.63) is 41.7 Å². The number of rotatable bonds is 3. The predicted octanol–water partition coefficient (Wildman–Crippen LogP) is 3.41. The molecule has 0 aliphatic heterocycles. The highest BCUT2D eigenvalue weighted by Crippen LogP contribution is 2.31. The van der Waals surface area contributed by atoms with Gasteiger partial charge in [0.1, 0.15) is 11.5 Å². The lowest BCUT2D eigenvalue weighted by Gasteiger charge is -2.20. The largest absolute Gasteiger partial charge is 0.491 e. The number of aromatic nitrogens is 2. The van der Waals surface area contributed by atoms with E-state index in [1.807, 2.05) is 0 Å². The Kier molecular flexibility index (Phi) is 4.35. The molecular weight excluding hydrogens is 297 g/mol. The van der Waals surface area contributed by atoms with E-state index in [0.29, 0.717) is 11.3 Å². The van der Waals surface area contributed by atoms with Gasteiger partial charge in [0.05, 0.1) is 6.10 Å². The number of ether oxygens (including phenoxy) is 1. The minimum absolute atomic E-state index is 0.117. The summed E-state index contributed by atoms with van der Waals surface area (Å²) in [6.45, 7) is 5.18. The third-order valence-corrected chi connectivity index (χ3v) is 3.05. The van der Waals surface area contributed by atoms with Crippen LogP contribution in [0.2, 0.25) is 0 Å². The average Bonchev–Trinajstić information content (AvgIpc) is 2.41. The molecule has 2 rings (SSSR count). The maximum atomic E-state index is 12.7. The zero-order chi connectivity index (χ0) is 16.5.